The van der Waals surface area contributed by atoms with Crippen molar-refractivity contribution in [2.75, 3.05) is 7.11 Å². The lowest BCUT2D eigenvalue weighted by Crippen LogP contribution is -2.07. The monoisotopic (exact) mass is 277 g/mol. The Labute approximate surface area is 113 Å². The molecule has 1 N–H and O–H groups in total. The van der Waals surface area contributed by atoms with Gasteiger partial charge in [0.2, 0.25) is 5.69 Å². The number of hydrogen-bond donors (Lipinski definition) is 1. The lowest BCUT2D eigenvalue weighted by atomic mass is 10.2. The third-order valence-corrected chi connectivity index (χ3v) is 2.70. The van der Waals surface area contributed by atoms with Crippen molar-refractivity contribution in [3.63, 3.8) is 0 Å². The second-order valence-corrected chi connectivity index (χ2v) is 3.96. The summed E-state index contributed by atoms with van der Waals surface area (Å²) >= 11 is 0. The molecule has 104 valence electrons. The van der Waals surface area contributed by atoms with E-state index in [2.05, 4.69) is 4.98 Å². The van der Waals surface area contributed by atoms with Crippen molar-refractivity contribution in [1.82, 2.24) is 9.55 Å². The Balaban J connectivity index is 2.33. The van der Waals surface area contributed by atoms with E-state index in [-0.39, 0.29) is 6.54 Å². The smallest absolute Gasteiger partial charge is 0.363 e. The van der Waals surface area contributed by atoms with Gasteiger partial charge in [-0.15, -0.1) is 0 Å². The van der Waals surface area contributed by atoms with E-state index in [0.717, 1.165) is 11.9 Å². The number of nitrogens with zero attached hydrogens (tertiary/aromatic N) is 3. The Morgan fingerprint density at radius 3 is 2.60 bits per heavy atom. The van der Waals surface area contributed by atoms with Crippen molar-refractivity contribution < 1.29 is 19.6 Å². The molecule has 0 aliphatic rings. The predicted octanol–water partition coefficient (Wildman–Crippen LogP) is 1.55. The van der Waals surface area contributed by atoms with Gasteiger partial charge >= 0.3 is 11.8 Å². The molecule has 0 atom stereocenters. The zero-order chi connectivity index (χ0) is 14.7. The summed E-state index contributed by atoms with van der Waals surface area (Å²) in [6.07, 6.45) is 1.14. The third kappa shape index (κ3) is 2.58. The topological polar surface area (TPSA) is 107 Å². The number of carboxylic acids is 1. The SMILES string of the molecule is COc1ccc(Cn2cnc(C(=O)O)c2[N+](=O)[O-])cc1. The molecule has 1 heterocycles. The third-order valence-electron chi connectivity index (χ3n) is 2.70. The molecule has 0 bridgehead atoms. The molecule has 0 amide bonds. The minimum atomic E-state index is -1.43. The number of carboxylic acid groups (broad SMARTS) is 1. The van der Waals surface area contributed by atoms with Gasteiger partial charge in [0.1, 0.15) is 12.3 Å². The van der Waals surface area contributed by atoms with E-state index in [1.807, 2.05) is 0 Å². The van der Waals surface area contributed by atoms with Crippen molar-refractivity contribution >= 4 is 11.8 Å². The van der Waals surface area contributed by atoms with Crippen molar-refractivity contribution in [2.24, 2.45) is 0 Å². The number of methoxy groups -OCH3 is 1. The van der Waals surface area contributed by atoms with E-state index in [0.29, 0.717) is 5.75 Å². The molecule has 2 aromatic rings. The standard InChI is InChI=1S/C12H11N3O5/c1-20-9-4-2-8(3-5-9)6-14-7-13-10(12(16)17)11(14)15(18)19/h2-5,7H,6H2,1H3,(H,16,17). The van der Waals surface area contributed by atoms with E-state index in [1.165, 1.54) is 11.7 Å². The first-order valence-electron chi connectivity index (χ1n) is 5.58. The number of aromatic carboxylic acids is 1. The van der Waals surface area contributed by atoms with Gasteiger partial charge in [-0.05, 0) is 22.6 Å². The second kappa shape index (κ2) is 5.39. The molecular formula is C12H11N3O5. The molecule has 0 aliphatic carbocycles. The maximum absolute atomic E-state index is 11.0. The van der Waals surface area contributed by atoms with Crippen LogP contribution < -0.4 is 4.74 Å². The molecule has 1 aromatic carbocycles. The zero-order valence-electron chi connectivity index (χ0n) is 10.5. The number of ether oxygens (including phenoxy) is 1. The van der Waals surface area contributed by atoms with Gasteiger partial charge in [0, 0.05) is 0 Å². The van der Waals surface area contributed by atoms with Crippen LogP contribution in [0.15, 0.2) is 30.6 Å². The van der Waals surface area contributed by atoms with Crippen LogP contribution in [0, 0.1) is 10.1 Å². The van der Waals surface area contributed by atoms with Crippen LogP contribution in [0.2, 0.25) is 0 Å². The number of hydrogen-bond acceptors (Lipinski definition) is 5. The van der Waals surface area contributed by atoms with E-state index >= 15 is 0 Å². The Morgan fingerprint density at radius 2 is 2.10 bits per heavy atom. The van der Waals surface area contributed by atoms with Crippen molar-refractivity contribution in [2.45, 2.75) is 6.54 Å². The molecule has 0 aliphatic heterocycles. The molecular weight excluding hydrogens is 266 g/mol. The summed E-state index contributed by atoms with van der Waals surface area (Å²) in [7, 11) is 1.54. The summed E-state index contributed by atoms with van der Waals surface area (Å²) < 4.78 is 6.20. The lowest BCUT2D eigenvalue weighted by Gasteiger charge is -2.03. The van der Waals surface area contributed by atoms with Crippen LogP contribution in [0.5, 0.6) is 5.75 Å². The number of benzene rings is 1. The van der Waals surface area contributed by atoms with Gasteiger partial charge < -0.3 is 20.0 Å². The van der Waals surface area contributed by atoms with Crippen molar-refractivity contribution in [3.8, 4) is 5.75 Å². The van der Waals surface area contributed by atoms with Crippen LogP contribution in [0.3, 0.4) is 0 Å². The summed E-state index contributed by atoms with van der Waals surface area (Å²) in [5, 5.41) is 19.8. The molecule has 0 spiro atoms. The minimum absolute atomic E-state index is 0.153. The Bertz CT molecular complexity index is 648. The summed E-state index contributed by atoms with van der Waals surface area (Å²) in [6, 6.07) is 6.92. The highest BCUT2D eigenvalue weighted by Crippen LogP contribution is 2.20. The summed E-state index contributed by atoms with van der Waals surface area (Å²) in [6.45, 7) is 0.153. The number of carbonyl (C=O) groups is 1. The first kappa shape index (κ1) is 13.5. The van der Waals surface area contributed by atoms with E-state index in [9.17, 15) is 14.9 Å². The number of aromatic nitrogens is 2. The summed E-state index contributed by atoms with van der Waals surface area (Å²) in [4.78, 5) is 24.7. The zero-order valence-corrected chi connectivity index (χ0v) is 10.5. The van der Waals surface area contributed by atoms with E-state index in [1.54, 1.807) is 24.3 Å². The number of imidazole rings is 1. The quantitative estimate of drug-likeness (QED) is 0.656. The van der Waals surface area contributed by atoms with Crippen LogP contribution in [-0.4, -0.2) is 32.7 Å². The van der Waals surface area contributed by atoms with Crippen LogP contribution in [0.25, 0.3) is 0 Å². The van der Waals surface area contributed by atoms with Crippen LogP contribution in [0.4, 0.5) is 5.82 Å². The van der Waals surface area contributed by atoms with Gasteiger partial charge in [-0.3, -0.25) is 0 Å². The molecule has 20 heavy (non-hydrogen) atoms. The Kier molecular flexibility index (Phi) is 3.65. The average molecular weight is 277 g/mol. The Hall–Kier alpha value is -2.90. The summed E-state index contributed by atoms with van der Waals surface area (Å²) in [5.74, 6) is -1.29. The van der Waals surface area contributed by atoms with Gasteiger partial charge in [0.05, 0.1) is 7.11 Å². The van der Waals surface area contributed by atoms with Gasteiger partial charge in [-0.1, -0.05) is 12.1 Å². The molecule has 0 radical (unpaired) electrons. The van der Waals surface area contributed by atoms with E-state index < -0.39 is 22.4 Å². The molecule has 0 unspecified atom stereocenters. The van der Waals surface area contributed by atoms with Crippen molar-refractivity contribution in [1.29, 1.82) is 0 Å². The van der Waals surface area contributed by atoms with Crippen LogP contribution >= 0.6 is 0 Å². The molecule has 1 aromatic heterocycles. The van der Waals surface area contributed by atoms with Crippen LogP contribution in [-0.2, 0) is 6.54 Å². The largest absolute Gasteiger partial charge is 0.497 e. The maximum Gasteiger partial charge on any atom is 0.363 e. The van der Waals surface area contributed by atoms with Crippen LogP contribution in [0.1, 0.15) is 16.1 Å². The highest BCUT2D eigenvalue weighted by molar-refractivity contribution is 5.89. The molecule has 0 saturated heterocycles. The first-order chi connectivity index (χ1) is 9.52. The minimum Gasteiger partial charge on any atom is -0.497 e. The highest BCUT2D eigenvalue weighted by Gasteiger charge is 2.26. The average Bonchev–Trinajstić information content (AvgIpc) is 2.83. The predicted molar refractivity (Wildman–Crippen MR) is 67.9 cm³/mol. The number of rotatable bonds is 5. The normalized spacial score (nSPS) is 10.2. The van der Waals surface area contributed by atoms with E-state index in [4.69, 9.17) is 9.84 Å². The fourth-order valence-electron chi connectivity index (χ4n) is 1.76. The summed E-state index contributed by atoms with van der Waals surface area (Å²) in [5.41, 5.74) is 0.201. The molecule has 8 nitrogen and oxygen atoms in total. The fraction of sp³-hybridized carbons (Fsp3) is 0.167. The van der Waals surface area contributed by atoms with Gasteiger partial charge in [-0.25, -0.2) is 14.3 Å². The fourth-order valence-corrected chi connectivity index (χ4v) is 1.76. The molecule has 0 fully saturated rings. The molecule has 0 saturated carbocycles. The molecule has 8 heteroatoms. The maximum atomic E-state index is 11.0. The lowest BCUT2D eigenvalue weighted by molar-refractivity contribution is -0.392. The second-order valence-electron chi connectivity index (χ2n) is 3.96. The number of nitro groups is 1. The highest BCUT2D eigenvalue weighted by atomic mass is 16.6. The first-order valence-corrected chi connectivity index (χ1v) is 5.58. The van der Waals surface area contributed by atoms with Gasteiger partial charge in [0.25, 0.3) is 0 Å². The van der Waals surface area contributed by atoms with Gasteiger partial charge in [0.15, 0.2) is 6.33 Å². The van der Waals surface area contributed by atoms with Gasteiger partial charge in [-0.2, -0.15) is 0 Å². The van der Waals surface area contributed by atoms with Crippen molar-refractivity contribution in [3.05, 3.63) is 52.0 Å². The Morgan fingerprint density at radius 1 is 1.45 bits per heavy atom. The molecule has 2 rings (SSSR count).